The summed E-state index contributed by atoms with van der Waals surface area (Å²) in [6.45, 7) is 11.2. The number of ether oxygens (including phenoxy) is 1. The van der Waals surface area contributed by atoms with Gasteiger partial charge < -0.3 is 24.3 Å². The molecule has 8 heteroatoms. The topological polar surface area (TPSA) is 73.4 Å². The van der Waals surface area contributed by atoms with Gasteiger partial charge >= 0.3 is 6.09 Å². The third kappa shape index (κ3) is 5.33. The number of likely N-dealkylation sites (tertiary alicyclic amines) is 1. The van der Waals surface area contributed by atoms with Gasteiger partial charge in [0.05, 0.1) is 13.2 Å². The molecule has 2 heterocycles. The van der Waals surface area contributed by atoms with Crippen molar-refractivity contribution in [1.82, 2.24) is 19.6 Å². The third-order valence-corrected chi connectivity index (χ3v) is 5.31. The molecule has 2 saturated heterocycles. The standard InChI is InChI=1S/C18H32N4O4/c1-4-19-10-12-20(13-11-19)17(24)14-22(15(3)23)16-6-8-21(9-7-16)18(25)26-5-2/h16H,4-14H2,1-3H3. The number of likely N-dealkylation sites (N-methyl/N-ethyl adjacent to an activating group) is 1. The van der Waals surface area contributed by atoms with Crippen LogP contribution in [0.3, 0.4) is 0 Å². The van der Waals surface area contributed by atoms with Gasteiger partial charge in [0.25, 0.3) is 0 Å². The van der Waals surface area contributed by atoms with E-state index in [1.54, 1.807) is 16.7 Å². The molecular weight excluding hydrogens is 336 g/mol. The van der Waals surface area contributed by atoms with Crippen LogP contribution in [0.4, 0.5) is 4.79 Å². The molecule has 0 bridgehead atoms. The first kappa shape index (κ1) is 20.5. The van der Waals surface area contributed by atoms with Gasteiger partial charge in [0.2, 0.25) is 11.8 Å². The molecule has 0 aliphatic carbocycles. The zero-order valence-corrected chi connectivity index (χ0v) is 16.3. The fourth-order valence-corrected chi connectivity index (χ4v) is 3.63. The predicted molar refractivity (Wildman–Crippen MR) is 97.7 cm³/mol. The average Bonchev–Trinajstić information content (AvgIpc) is 2.66. The quantitative estimate of drug-likeness (QED) is 0.711. The lowest BCUT2D eigenvalue weighted by Crippen LogP contribution is -2.54. The van der Waals surface area contributed by atoms with Gasteiger partial charge in [0.15, 0.2) is 0 Å². The summed E-state index contributed by atoms with van der Waals surface area (Å²) in [5.41, 5.74) is 0. The maximum absolute atomic E-state index is 12.6. The molecule has 0 unspecified atom stereocenters. The number of piperazine rings is 1. The van der Waals surface area contributed by atoms with Crippen molar-refractivity contribution < 1.29 is 19.1 Å². The van der Waals surface area contributed by atoms with Crippen LogP contribution in [0.1, 0.15) is 33.6 Å². The van der Waals surface area contributed by atoms with E-state index in [-0.39, 0.29) is 30.5 Å². The predicted octanol–water partition coefficient (Wildman–Crippen LogP) is 0.620. The summed E-state index contributed by atoms with van der Waals surface area (Å²) < 4.78 is 5.03. The fourth-order valence-electron chi connectivity index (χ4n) is 3.63. The molecule has 0 saturated carbocycles. The first-order valence-corrected chi connectivity index (χ1v) is 9.65. The highest BCUT2D eigenvalue weighted by Crippen LogP contribution is 2.18. The SMILES string of the molecule is CCOC(=O)N1CCC(N(CC(=O)N2CCN(CC)CC2)C(C)=O)CC1. The van der Waals surface area contributed by atoms with Crippen LogP contribution >= 0.6 is 0 Å². The minimum atomic E-state index is -0.301. The van der Waals surface area contributed by atoms with E-state index in [0.717, 1.165) is 32.7 Å². The van der Waals surface area contributed by atoms with E-state index in [1.165, 1.54) is 6.92 Å². The van der Waals surface area contributed by atoms with Gasteiger partial charge in [-0.05, 0) is 26.3 Å². The Balaban J connectivity index is 1.86. The van der Waals surface area contributed by atoms with Crippen molar-refractivity contribution in [1.29, 1.82) is 0 Å². The Bertz CT molecular complexity index is 497. The smallest absolute Gasteiger partial charge is 0.409 e. The normalized spacial score (nSPS) is 19.3. The Morgan fingerprint density at radius 2 is 1.58 bits per heavy atom. The molecule has 148 valence electrons. The minimum absolute atomic E-state index is 0.000873. The van der Waals surface area contributed by atoms with Crippen LogP contribution in [0.2, 0.25) is 0 Å². The van der Waals surface area contributed by atoms with Crippen molar-refractivity contribution >= 4 is 17.9 Å². The Morgan fingerprint density at radius 3 is 2.08 bits per heavy atom. The van der Waals surface area contributed by atoms with E-state index in [4.69, 9.17) is 4.74 Å². The summed E-state index contributed by atoms with van der Waals surface area (Å²) in [7, 11) is 0. The lowest BCUT2D eigenvalue weighted by atomic mass is 10.0. The highest BCUT2D eigenvalue weighted by atomic mass is 16.6. The molecule has 0 aromatic rings. The minimum Gasteiger partial charge on any atom is -0.450 e. The summed E-state index contributed by atoms with van der Waals surface area (Å²) in [6, 6.07) is -0.000873. The van der Waals surface area contributed by atoms with Crippen LogP contribution in [0.5, 0.6) is 0 Å². The van der Waals surface area contributed by atoms with Crippen molar-refractivity contribution in [2.45, 2.75) is 39.7 Å². The molecule has 2 aliphatic heterocycles. The Labute approximate surface area is 156 Å². The molecule has 2 rings (SSSR count). The summed E-state index contributed by atoms with van der Waals surface area (Å²) in [4.78, 5) is 44.1. The van der Waals surface area contributed by atoms with Gasteiger partial charge in [-0.2, -0.15) is 0 Å². The van der Waals surface area contributed by atoms with Crippen molar-refractivity contribution in [2.24, 2.45) is 0 Å². The van der Waals surface area contributed by atoms with Crippen LogP contribution < -0.4 is 0 Å². The number of nitrogens with zero attached hydrogens (tertiary/aromatic N) is 4. The first-order chi connectivity index (χ1) is 12.5. The number of carbonyl (C=O) groups excluding carboxylic acids is 3. The number of carbonyl (C=O) groups is 3. The maximum Gasteiger partial charge on any atom is 0.409 e. The van der Waals surface area contributed by atoms with E-state index in [1.807, 2.05) is 4.90 Å². The van der Waals surface area contributed by atoms with Gasteiger partial charge in [-0.1, -0.05) is 6.92 Å². The number of hydrogen-bond acceptors (Lipinski definition) is 5. The Morgan fingerprint density at radius 1 is 0.962 bits per heavy atom. The molecule has 26 heavy (non-hydrogen) atoms. The zero-order chi connectivity index (χ0) is 19.1. The van der Waals surface area contributed by atoms with Crippen molar-refractivity contribution in [2.75, 3.05) is 59.0 Å². The van der Waals surface area contributed by atoms with Gasteiger partial charge in [-0.15, -0.1) is 0 Å². The highest BCUT2D eigenvalue weighted by molar-refractivity contribution is 5.84. The van der Waals surface area contributed by atoms with E-state index in [9.17, 15) is 14.4 Å². The number of amides is 3. The lowest BCUT2D eigenvalue weighted by Gasteiger charge is -2.39. The Hall–Kier alpha value is -1.83. The van der Waals surface area contributed by atoms with Gasteiger partial charge in [-0.3, -0.25) is 9.59 Å². The maximum atomic E-state index is 12.6. The second-order valence-corrected chi connectivity index (χ2v) is 6.88. The van der Waals surface area contributed by atoms with Crippen LogP contribution in [-0.2, 0) is 14.3 Å². The molecule has 2 fully saturated rings. The fraction of sp³-hybridized carbons (Fsp3) is 0.833. The summed E-state index contributed by atoms with van der Waals surface area (Å²) in [5, 5.41) is 0. The summed E-state index contributed by atoms with van der Waals surface area (Å²) >= 11 is 0. The van der Waals surface area contributed by atoms with Crippen LogP contribution in [0.25, 0.3) is 0 Å². The first-order valence-electron chi connectivity index (χ1n) is 9.65. The van der Waals surface area contributed by atoms with Gasteiger partial charge in [0, 0.05) is 52.2 Å². The zero-order valence-electron chi connectivity index (χ0n) is 16.3. The lowest BCUT2D eigenvalue weighted by molar-refractivity contribution is -0.143. The Kier molecular flexibility index (Phi) is 7.68. The molecule has 2 aliphatic rings. The van der Waals surface area contributed by atoms with E-state index in [0.29, 0.717) is 32.5 Å². The van der Waals surface area contributed by atoms with Gasteiger partial charge in [0.1, 0.15) is 0 Å². The second kappa shape index (κ2) is 9.75. The molecule has 0 radical (unpaired) electrons. The van der Waals surface area contributed by atoms with Gasteiger partial charge in [-0.25, -0.2) is 4.79 Å². The molecule has 0 aromatic carbocycles. The number of piperidine rings is 1. The van der Waals surface area contributed by atoms with Crippen LogP contribution in [0.15, 0.2) is 0 Å². The largest absolute Gasteiger partial charge is 0.450 e. The summed E-state index contributed by atoms with van der Waals surface area (Å²) in [6.07, 6.45) is 1.05. The van der Waals surface area contributed by atoms with Crippen LogP contribution in [-0.4, -0.2) is 103 Å². The van der Waals surface area contributed by atoms with Crippen molar-refractivity contribution in [3.05, 3.63) is 0 Å². The van der Waals surface area contributed by atoms with E-state index >= 15 is 0 Å². The number of rotatable bonds is 5. The van der Waals surface area contributed by atoms with E-state index < -0.39 is 0 Å². The molecule has 0 N–H and O–H groups in total. The average molecular weight is 368 g/mol. The number of hydrogen-bond donors (Lipinski definition) is 0. The molecule has 8 nitrogen and oxygen atoms in total. The van der Waals surface area contributed by atoms with E-state index in [2.05, 4.69) is 11.8 Å². The summed E-state index contributed by atoms with van der Waals surface area (Å²) in [5.74, 6) is -0.0658. The molecule has 0 atom stereocenters. The third-order valence-electron chi connectivity index (χ3n) is 5.31. The van der Waals surface area contributed by atoms with Crippen molar-refractivity contribution in [3.63, 3.8) is 0 Å². The monoisotopic (exact) mass is 368 g/mol. The molecular formula is C18H32N4O4. The van der Waals surface area contributed by atoms with Crippen LogP contribution in [0, 0.1) is 0 Å². The molecule has 3 amide bonds. The molecule has 0 aromatic heterocycles. The van der Waals surface area contributed by atoms with Crippen molar-refractivity contribution in [3.8, 4) is 0 Å². The molecule has 0 spiro atoms. The highest BCUT2D eigenvalue weighted by Gasteiger charge is 2.31. The second-order valence-electron chi connectivity index (χ2n) is 6.88.